The summed E-state index contributed by atoms with van der Waals surface area (Å²) >= 11 is 0. The van der Waals surface area contributed by atoms with Crippen LogP contribution in [0.3, 0.4) is 0 Å². The van der Waals surface area contributed by atoms with Crippen molar-refractivity contribution >= 4 is 5.91 Å². The van der Waals surface area contributed by atoms with Crippen molar-refractivity contribution in [1.29, 1.82) is 0 Å². The van der Waals surface area contributed by atoms with Gasteiger partial charge in [-0.15, -0.1) is 0 Å². The summed E-state index contributed by atoms with van der Waals surface area (Å²) in [5.41, 5.74) is 0. The molecule has 0 aromatic carbocycles. The normalized spacial score (nSPS) is 28.8. The zero-order chi connectivity index (χ0) is 14.1. The van der Waals surface area contributed by atoms with Crippen LogP contribution in [0.4, 0.5) is 0 Å². The minimum atomic E-state index is 0.0892. The van der Waals surface area contributed by atoms with Crippen molar-refractivity contribution in [3.63, 3.8) is 0 Å². The third-order valence-electron chi connectivity index (χ3n) is 4.36. The Bertz CT molecular complexity index is 461. The molecule has 2 unspecified atom stereocenters. The molecule has 1 aromatic heterocycles. The molecular formula is C16H22N2O2. The lowest BCUT2D eigenvalue weighted by Crippen LogP contribution is -2.50. The fourth-order valence-corrected chi connectivity index (χ4v) is 3.47. The van der Waals surface area contributed by atoms with Crippen molar-refractivity contribution in [2.75, 3.05) is 0 Å². The van der Waals surface area contributed by atoms with Crippen molar-refractivity contribution in [2.45, 2.75) is 57.7 Å². The molecule has 0 spiro atoms. The van der Waals surface area contributed by atoms with Gasteiger partial charge in [-0.1, -0.05) is 19.9 Å². The average molecular weight is 274 g/mol. The molecule has 3 rings (SSSR count). The second kappa shape index (κ2) is 5.43. The van der Waals surface area contributed by atoms with Gasteiger partial charge in [0.25, 0.3) is 0 Å². The molecule has 108 valence electrons. The first-order valence-corrected chi connectivity index (χ1v) is 7.55. The lowest BCUT2D eigenvalue weighted by Gasteiger charge is -2.39. The quantitative estimate of drug-likeness (QED) is 0.851. The first-order chi connectivity index (χ1) is 9.65. The standard InChI is InChI=1S/C16H22N2O2/c1-11(2)16(19)18-12-6-7-13(18)10-14(9-12)20-15-5-3-4-8-17-15/h3-5,8,11-14H,6-7,9-10H2,1-2H3. The lowest BCUT2D eigenvalue weighted by atomic mass is 9.98. The number of carbonyl (C=O) groups is 1. The molecule has 20 heavy (non-hydrogen) atoms. The number of hydrogen-bond donors (Lipinski definition) is 0. The largest absolute Gasteiger partial charge is 0.474 e. The van der Waals surface area contributed by atoms with E-state index in [0.717, 1.165) is 25.7 Å². The Labute approximate surface area is 120 Å². The van der Waals surface area contributed by atoms with Gasteiger partial charge in [-0.3, -0.25) is 4.79 Å². The molecule has 2 atom stereocenters. The summed E-state index contributed by atoms with van der Waals surface area (Å²) in [7, 11) is 0. The van der Waals surface area contributed by atoms with Crippen LogP contribution in [0.2, 0.25) is 0 Å². The molecule has 2 fully saturated rings. The van der Waals surface area contributed by atoms with Gasteiger partial charge in [0.1, 0.15) is 6.10 Å². The number of rotatable bonds is 3. The Kier molecular flexibility index (Phi) is 3.64. The van der Waals surface area contributed by atoms with Crippen LogP contribution in [-0.4, -0.2) is 34.0 Å². The molecule has 4 heteroatoms. The zero-order valence-corrected chi connectivity index (χ0v) is 12.2. The molecule has 0 radical (unpaired) electrons. The summed E-state index contributed by atoms with van der Waals surface area (Å²) in [5, 5.41) is 0. The van der Waals surface area contributed by atoms with Gasteiger partial charge in [0.05, 0.1) is 0 Å². The van der Waals surface area contributed by atoms with Gasteiger partial charge in [-0.2, -0.15) is 0 Å². The highest BCUT2D eigenvalue weighted by molar-refractivity contribution is 5.79. The SMILES string of the molecule is CC(C)C(=O)N1C2CCC1CC(Oc1ccccn1)C2. The summed E-state index contributed by atoms with van der Waals surface area (Å²) in [6.07, 6.45) is 6.05. The maximum atomic E-state index is 12.3. The second-order valence-corrected chi connectivity index (χ2v) is 6.16. The Balaban J connectivity index is 1.66. The molecule has 1 amide bonds. The summed E-state index contributed by atoms with van der Waals surface area (Å²) in [6, 6.07) is 6.44. The number of hydrogen-bond acceptors (Lipinski definition) is 3. The van der Waals surface area contributed by atoms with Crippen molar-refractivity contribution in [3.05, 3.63) is 24.4 Å². The van der Waals surface area contributed by atoms with Gasteiger partial charge in [0.2, 0.25) is 11.8 Å². The van der Waals surface area contributed by atoms with Crippen LogP contribution < -0.4 is 4.74 Å². The van der Waals surface area contributed by atoms with E-state index in [1.807, 2.05) is 32.0 Å². The number of pyridine rings is 1. The van der Waals surface area contributed by atoms with Crippen LogP contribution >= 0.6 is 0 Å². The van der Waals surface area contributed by atoms with E-state index < -0.39 is 0 Å². The molecular weight excluding hydrogens is 252 g/mol. The fourth-order valence-electron chi connectivity index (χ4n) is 3.47. The van der Waals surface area contributed by atoms with E-state index in [-0.39, 0.29) is 12.0 Å². The van der Waals surface area contributed by atoms with E-state index in [0.29, 0.717) is 23.9 Å². The van der Waals surface area contributed by atoms with Gasteiger partial charge in [-0.25, -0.2) is 4.98 Å². The number of amides is 1. The number of nitrogens with zero attached hydrogens (tertiary/aromatic N) is 2. The number of piperidine rings is 1. The minimum absolute atomic E-state index is 0.0892. The Morgan fingerprint density at radius 1 is 1.30 bits per heavy atom. The van der Waals surface area contributed by atoms with Crippen molar-refractivity contribution in [1.82, 2.24) is 9.88 Å². The van der Waals surface area contributed by atoms with E-state index in [2.05, 4.69) is 9.88 Å². The van der Waals surface area contributed by atoms with Gasteiger partial charge in [0, 0.05) is 43.1 Å². The van der Waals surface area contributed by atoms with Gasteiger partial charge in [0.15, 0.2) is 0 Å². The summed E-state index contributed by atoms with van der Waals surface area (Å²) in [6.45, 7) is 3.97. The molecule has 1 aromatic rings. The smallest absolute Gasteiger partial charge is 0.225 e. The molecule has 0 aliphatic carbocycles. The van der Waals surface area contributed by atoms with Crippen molar-refractivity contribution < 1.29 is 9.53 Å². The monoisotopic (exact) mass is 274 g/mol. The van der Waals surface area contributed by atoms with E-state index in [1.54, 1.807) is 6.20 Å². The van der Waals surface area contributed by atoms with Gasteiger partial charge in [-0.05, 0) is 18.9 Å². The first kappa shape index (κ1) is 13.4. The molecule has 2 aliphatic rings. The van der Waals surface area contributed by atoms with E-state index in [4.69, 9.17) is 4.74 Å². The van der Waals surface area contributed by atoms with Crippen LogP contribution in [0.15, 0.2) is 24.4 Å². The molecule has 0 N–H and O–H groups in total. The van der Waals surface area contributed by atoms with Crippen molar-refractivity contribution in [2.24, 2.45) is 5.92 Å². The number of fused-ring (bicyclic) bond motifs is 2. The fraction of sp³-hybridized carbons (Fsp3) is 0.625. The topological polar surface area (TPSA) is 42.4 Å². The summed E-state index contributed by atoms with van der Waals surface area (Å²) in [5.74, 6) is 1.08. The zero-order valence-electron chi connectivity index (χ0n) is 12.2. The average Bonchev–Trinajstić information content (AvgIpc) is 2.70. The lowest BCUT2D eigenvalue weighted by molar-refractivity contribution is -0.140. The van der Waals surface area contributed by atoms with Crippen LogP contribution in [-0.2, 0) is 4.79 Å². The third-order valence-corrected chi connectivity index (χ3v) is 4.36. The minimum Gasteiger partial charge on any atom is -0.474 e. The predicted molar refractivity (Wildman–Crippen MR) is 76.4 cm³/mol. The maximum absolute atomic E-state index is 12.3. The highest BCUT2D eigenvalue weighted by Gasteiger charge is 2.44. The second-order valence-electron chi connectivity index (χ2n) is 6.16. The Morgan fingerprint density at radius 3 is 2.55 bits per heavy atom. The molecule has 3 heterocycles. The first-order valence-electron chi connectivity index (χ1n) is 7.55. The highest BCUT2D eigenvalue weighted by Crippen LogP contribution is 2.37. The van der Waals surface area contributed by atoms with E-state index in [1.165, 1.54) is 0 Å². The van der Waals surface area contributed by atoms with Gasteiger partial charge >= 0.3 is 0 Å². The Hall–Kier alpha value is -1.58. The molecule has 0 saturated carbocycles. The van der Waals surface area contributed by atoms with Gasteiger partial charge < -0.3 is 9.64 Å². The van der Waals surface area contributed by atoms with Crippen molar-refractivity contribution in [3.8, 4) is 5.88 Å². The predicted octanol–water partition coefficient (Wildman–Crippen LogP) is 2.64. The molecule has 2 saturated heterocycles. The van der Waals surface area contributed by atoms with Crippen LogP contribution in [0, 0.1) is 5.92 Å². The third kappa shape index (κ3) is 2.51. The maximum Gasteiger partial charge on any atom is 0.225 e. The Morgan fingerprint density at radius 2 is 2.00 bits per heavy atom. The van der Waals surface area contributed by atoms with E-state index >= 15 is 0 Å². The van der Waals surface area contributed by atoms with Crippen LogP contribution in [0.25, 0.3) is 0 Å². The number of carbonyl (C=O) groups excluding carboxylic acids is 1. The molecule has 2 bridgehead atoms. The number of aromatic nitrogens is 1. The van der Waals surface area contributed by atoms with Crippen LogP contribution in [0.1, 0.15) is 39.5 Å². The molecule has 2 aliphatic heterocycles. The summed E-state index contributed by atoms with van der Waals surface area (Å²) < 4.78 is 5.98. The highest BCUT2D eigenvalue weighted by atomic mass is 16.5. The molecule has 4 nitrogen and oxygen atoms in total. The van der Waals surface area contributed by atoms with E-state index in [9.17, 15) is 4.79 Å². The van der Waals surface area contributed by atoms with Crippen LogP contribution in [0.5, 0.6) is 5.88 Å². The summed E-state index contributed by atoms with van der Waals surface area (Å²) in [4.78, 5) is 18.6. The number of ether oxygens (including phenoxy) is 1.